The van der Waals surface area contributed by atoms with Crippen LogP contribution in [0.3, 0.4) is 0 Å². The summed E-state index contributed by atoms with van der Waals surface area (Å²) >= 11 is 0. The minimum absolute atomic E-state index is 0.406. The molecule has 1 atom stereocenters. The molecule has 3 nitrogen and oxygen atoms in total. The van der Waals surface area contributed by atoms with Crippen molar-refractivity contribution in [3.63, 3.8) is 0 Å². The predicted molar refractivity (Wildman–Crippen MR) is 82.7 cm³/mol. The number of piperazine rings is 1. The van der Waals surface area contributed by atoms with Crippen LogP contribution >= 0.6 is 0 Å². The number of hydrogen-bond donors (Lipinski definition) is 1. The van der Waals surface area contributed by atoms with Crippen LogP contribution in [0.5, 0.6) is 0 Å². The van der Waals surface area contributed by atoms with Gasteiger partial charge in [-0.2, -0.15) is 0 Å². The van der Waals surface area contributed by atoms with E-state index in [1.807, 2.05) is 12.4 Å². The lowest BCUT2D eigenvalue weighted by Crippen LogP contribution is -2.62. The van der Waals surface area contributed by atoms with E-state index in [4.69, 9.17) is 0 Å². The van der Waals surface area contributed by atoms with Crippen molar-refractivity contribution < 1.29 is 0 Å². The topological polar surface area (TPSA) is 28.2 Å². The van der Waals surface area contributed by atoms with E-state index in [0.717, 1.165) is 13.1 Å². The van der Waals surface area contributed by atoms with Crippen molar-refractivity contribution in [2.24, 2.45) is 0 Å². The van der Waals surface area contributed by atoms with Gasteiger partial charge in [0.1, 0.15) is 0 Å². The molecule has 1 saturated heterocycles. The highest BCUT2D eigenvalue weighted by atomic mass is 15.3. The quantitative estimate of drug-likeness (QED) is 0.918. The Morgan fingerprint density at radius 2 is 2.15 bits per heavy atom. The van der Waals surface area contributed by atoms with Gasteiger partial charge in [0, 0.05) is 43.6 Å². The van der Waals surface area contributed by atoms with E-state index in [2.05, 4.69) is 35.1 Å². The average Bonchev–Trinajstić information content (AvgIpc) is 2.87. The molecular formula is C17H27N3. The summed E-state index contributed by atoms with van der Waals surface area (Å²) in [6.45, 7) is 7.84. The number of aromatic nitrogens is 1. The van der Waals surface area contributed by atoms with Crippen molar-refractivity contribution in [1.82, 2.24) is 15.2 Å². The number of nitrogens with zero attached hydrogens (tertiary/aromatic N) is 2. The van der Waals surface area contributed by atoms with Crippen molar-refractivity contribution in [2.75, 3.05) is 13.1 Å². The van der Waals surface area contributed by atoms with Crippen LogP contribution in [0.4, 0.5) is 0 Å². The standard InChI is InChI=1S/C17H27N3/c1-3-16-11-19-17(6-4-5-7-17)13-20(16)12-15-8-14(2)9-18-10-15/h8-10,16,19H,3-7,11-13H2,1-2H3. The van der Waals surface area contributed by atoms with Crippen LogP contribution in [0, 0.1) is 6.92 Å². The predicted octanol–water partition coefficient (Wildman–Crippen LogP) is 2.89. The zero-order valence-electron chi connectivity index (χ0n) is 12.9. The molecule has 1 unspecified atom stereocenters. The summed E-state index contributed by atoms with van der Waals surface area (Å²) in [6, 6.07) is 2.95. The maximum atomic E-state index is 4.35. The number of aryl methyl sites for hydroxylation is 1. The molecule has 110 valence electrons. The Bertz CT molecular complexity index is 451. The molecule has 1 spiro atoms. The van der Waals surface area contributed by atoms with Crippen LogP contribution in [0.25, 0.3) is 0 Å². The number of rotatable bonds is 3. The molecule has 2 fully saturated rings. The van der Waals surface area contributed by atoms with Gasteiger partial charge < -0.3 is 5.32 Å². The molecule has 1 aromatic rings. The summed E-state index contributed by atoms with van der Waals surface area (Å²) in [7, 11) is 0. The molecule has 1 aromatic heterocycles. The Labute approximate surface area is 122 Å². The summed E-state index contributed by atoms with van der Waals surface area (Å²) in [5, 5.41) is 3.87. The van der Waals surface area contributed by atoms with E-state index in [9.17, 15) is 0 Å². The Morgan fingerprint density at radius 1 is 1.35 bits per heavy atom. The lowest BCUT2D eigenvalue weighted by molar-refractivity contribution is 0.0717. The van der Waals surface area contributed by atoms with Gasteiger partial charge in [-0.1, -0.05) is 25.8 Å². The molecule has 0 aromatic carbocycles. The summed E-state index contributed by atoms with van der Waals surface area (Å²) in [5.41, 5.74) is 3.03. The number of hydrogen-bond acceptors (Lipinski definition) is 3. The summed E-state index contributed by atoms with van der Waals surface area (Å²) in [6.07, 6.45) is 10.7. The second-order valence-electron chi connectivity index (χ2n) is 6.71. The van der Waals surface area contributed by atoms with E-state index in [1.165, 1.54) is 49.8 Å². The number of nitrogens with one attached hydrogen (secondary N) is 1. The summed E-state index contributed by atoms with van der Waals surface area (Å²) < 4.78 is 0. The SMILES string of the molecule is CCC1CNC2(CCCC2)CN1Cc1cncc(C)c1. The minimum atomic E-state index is 0.406. The molecule has 3 heteroatoms. The lowest BCUT2D eigenvalue weighted by atomic mass is 9.91. The van der Waals surface area contributed by atoms with Gasteiger partial charge in [0.15, 0.2) is 0 Å². The second-order valence-corrected chi connectivity index (χ2v) is 6.71. The van der Waals surface area contributed by atoms with Crippen LogP contribution < -0.4 is 5.32 Å². The van der Waals surface area contributed by atoms with Crippen LogP contribution in [0.1, 0.15) is 50.2 Å². The Balaban J connectivity index is 1.74. The van der Waals surface area contributed by atoms with Gasteiger partial charge in [0.2, 0.25) is 0 Å². The van der Waals surface area contributed by atoms with Gasteiger partial charge in [0.05, 0.1) is 0 Å². The smallest absolute Gasteiger partial charge is 0.0313 e. The normalized spacial score (nSPS) is 26.2. The van der Waals surface area contributed by atoms with Crippen LogP contribution in [-0.2, 0) is 6.54 Å². The van der Waals surface area contributed by atoms with E-state index < -0.39 is 0 Å². The summed E-state index contributed by atoms with van der Waals surface area (Å²) in [4.78, 5) is 7.04. The van der Waals surface area contributed by atoms with E-state index in [-0.39, 0.29) is 0 Å². The third-order valence-electron chi connectivity index (χ3n) is 5.08. The van der Waals surface area contributed by atoms with Crippen molar-refractivity contribution in [3.8, 4) is 0 Å². The molecular weight excluding hydrogens is 246 g/mol. The highest BCUT2D eigenvalue weighted by molar-refractivity contribution is 5.17. The molecule has 2 heterocycles. The Hall–Kier alpha value is -0.930. The van der Waals surface area contributed by atoms with Gasteiger partial charge in [-0.05, 0) is 37.3 Å². The van der Waals surface area contributed by atoms with Crippen molar-refractivity contribution in [2.45, 2.75) is 64.1 Å². The first-order chi connectivity index (χ1) is 9.71. The fraction of sp³-hybridized carbons (Fsp3) is 0.706. The number of pyridine rings is 1. The molecule has 1 N–H and O–H groups in total. The first-order valence-electron chi connectivity index (χ1n) is 8.10. The first-order valence-corrected chi connectivity index (χ1v) is 8.10. The van der Waals surface area contributed by atoms with Crippen molar-refractivity contribution >= 4 is 0 Å². The van der Waals surface area contributed by atoms with Crippen LogP contribution in [0.2, 0.25) is 0 Å². The van der Waals surface area contributed by atoms with E-state index in [0.29, 0.717) is 11.6 Å². The molecule has 1 saturated carbocycles. The maximum absolute atomic E-state index is 4.35. The Morgan fingerprint density at radius 3 is 2.85 bits per heavy atom. The monoisotopic (exact) mass is 273 g/mol. The van der Waals surface area contributed by atoms with Gasteiger partial charge in [0.25, 0.3) is 0 Å². The molecule has 0 radical (unpaired) electrons. The third-order valence-corrected chi connectivity index (χ3v) is 5.08. The lowest BCUT2D eigenvalue weighted by Gasteiger charge is -2.46. The maximum Gasteiger partial charge on any atom is 0.0313 e. The molecule has 0 amide bonds. The Kier molecular flexibility index (Phi) is 4.08. The van der Waals surface area contributed by atoms with Crippen molar-refractivity contribution in [3.05, 3.63) is 29.6 Å². The first kappa shape index (κ1) is 14.0. The summed E-state index contributed by atoms with van der Waals surface area (Å²) in [5.74, 6) is 0. The fourth-order valence-electron chi connectivity index (χ4n) is 3.95. The second kappa shape index (κ2) is 5.82. The van der Waals surface area contributed by atoms with Crippen molar-refractivity contribution in [1.29, 1.82) is 0 Å². The van der Waals surface area contributed by atoms with Crippen LogP contribution in [-0.4, -0.2) is 34.6 Å². The highest BCUT2D eigenvalue weighted by Gasteiger charge is 2.40. The zero-order valence-corrected chi connectivity index (χ0v) is 12.9. The van der Waals surface area contributed by atoms with Gasteiger partial charge in [-0.3, -0.25) is 9.88 Å². The van der Waals surface area contributed by atoms with Gasteiger partial charge in [-0.25, -0.2) is 0 Å². The van der Waals surface area contributed by atoms with Gasteiger partial charge in [-0.15, -0.1) is 0 Å². The highest BCUT2D eigenvalue weighted by Crippen LogP contribution is 2.34. The molecule has 0 bridgehead atoms. The molecule has 3 rings (SSSR count). The fourth-order valence-corrected chi connectivity index (χ4v) is 3.95. The van der Waals surface area contributed by atoms with Gasteiger partial charge >= 0.3 is 0 Å². The van der Waals surface area contributed by atoms with E-state index in [1.54, 1.807) is 0 Å². The minimum Gasteiger partial charge on any atom is -0.308 e. The third kappa shape index (κ3) is 2.89. The average molecular weight is 273 g/mol. The van der Waals surface area contributed by atoms with E-state index >= 15 is 0 Å². The largest absolute Gasteiger partial charge is 0.308 e. The molecule has 2 aliphatic rings. The molecule has 20 heavy (non-hydrogen) atoms. The molecule has 1 aliphatic heterocycles. The zero-order chi connectivity index (χ0) is 14.0. The molecule has 1 aliphatic carbocycles. The van der Waals surface area contributed by atoms with Crippen LogP contribution in [0.15, 0.2) is 18.5 Å².